The van der Waals surface area contributed by atoms with Gasteiger partial charge < -0.3 is 33.5 Å². The van der Waals surface area contributed by atoms with Gasteiger partial charge in [0, 0.05) is 19.4 Å². The highest BCUT2D eigenvalue weighted by Gasteiger charge is 2.51. The molecular weight excluding hydrogens is 517 g/mol. The summed E-state index contributed by atoms with van der Waals surface area (Å²) in [5.74, 6) is 0. The lowest BCUT2D eigenvalue weighted by Crippen LogP contribution is -2.65. The molecule has 0 aliphatic rings. The van der Waals surface area contributed by atoms with Crippen molar-refractivity contribution in [3.8, 4) is 0 Å². The highest BCUT2D eigenvalue weighted by atomic mass is 28.5. The molecule has 0 aromatic heterocycles. The van der Waals surface area contributed by atoms with E-state index in [1.54, 1.807) is 14.2 Å². The molecule has 31 heavy (non-hydrogen) atoms. The molecule has 0 atom stereocenters. The molecule has 0 fully saturated rings. The maximum Gasteiger partial charge on any atom is 0.509 e. The van der Waals surface area contributed by atoms with Crippen molar-refractivity contribution in [2.75, 3.05) is 14.2 Å². The molecule has 15 heteroatoms. The second-order valence-electron chi connectivity index (χ2n) is 8.70. The predicted molar refractivity (Wildman–Crippen MR) is 141 cm³/mol. The standard InChI is InChI=1S/C16H40O8Si7/c1-17-25-19-31(20-26-18-2,16-14-12-11-13-15-16)24-30(9,10)23-29(7,8)22-28(5,6)21-27(3)4/h11-15,27H,25-26H2,1-10H3. The fraction of sp³-hybridized carbons (Fsp3) is 0.625. The van der Waals surface area contributed by atoms with Crippen LogP contribution in [0.4, 0.5) is 0 Å². The first-order valence-corrected chi connectivity index (χ1v) is 25.6. The molecule has 0 amide bonds. The number of rotatable bonds is 15. The lowest BCUT2D eigenvalue weighted by molar-refractivity contribution is 0.210. The normalized spacial score (nSPS) is 16.1. The van der Waals surface area contributed by atoms with Crippen LogP contribution >= 0.6 is 0 Å². The number of hydrogen-bond donors (Lipinski definition) is 0. The second-order valence-corrected chi connectivity index (χ2v) is 28.2. The predicted octanol–water partition coefficient (Wildman–Crippen LogP) is 1.31. The molecular formula is C16H40O8Si7. The molecule has 0 spiro atoms. The molecule has 0 aliphatic carbocycles. The summed E-state index contributed by atoms with van der Waals surface area (Å²) >= 11 is 0. The van der Waals surface area contributed by atoms with E-state index < -0.39 is 63.5 Å². The Morgan fingerprint density at radius 1 is 0.677 bits per heavy atom. The van der Waals surface area contributed by atoms with Crippen LogP contribution in [0.1, 0.15) is 0 Å². The largest absolute Gasteiger partial charge is 0.509 e. The minimum atomic E-state index is -3.27. The molecule has 180 valence electrons. The summed E-state index contributed by atoms with van der Waals surface area (Å²) in [5.41, 5.74) is 0. The zero-order valence-electron chi connectivity index (χ0n) is 20.6. The van der Waals surface area contributed by atoms with Crippen LogP contribution in [0.2, 0.25) is 52.4 Å². The molecule has 0 heterocycles. The van der Waals surface area contributed by atoms with E-state index in [2.05, 4.69) is 26.2 Å². The average Bonchev–Trinajstić information content (AvgIpc) is 2.61. The Labute approximate surface area is 198 Å². The van der Waals surface area contributed by atoms with E-state index in [1.807, 2.05) is 56.5 Å². The van der Waals surface area contributed by atoms with E-state index in [0.29, 0.717) is 0 Å². The topological polar surface area (TPSA) is 73.8 Å². The molecule has 1 aromatic carbocycles. The van der Waals surface area contributed by atoms with Crippen LogP contribution in [-0.2, 0) is 33.5 Å². The van der Waals surface area contributed by atoms with Gasteiger partial charge in [0.2, 0.25) is 0 Å². The zero-order chi connectivity index (χ0) is 23.8. The van der Waals surface area contributed by atoms with Gasteiger partial charge in [0.15, 0.2) is 9.04 Å². The third-order valence-electron chi connectivity index (χ3n) is 3.74. The zero-order valence-corrected chi connectivity index (χ0v) is 28.6. The van der Waals surface area contributed by atoms with E-state index in [0.717, 1.165) is 5.19 Å². The first-order valence-electron chi connectivity index (χ1n) is 10.4. The molecule has 0 radical (unpaired) electrons. The van der Waals surface area contributed by atoms with Gasteiger partial charge in [0.05, 0.1) is 0 Å². The molecule has 1 rings (SSSR count). The van der Waals surface area contributed by atoms with Gasteiger partial charge in [-0.1, -0.05) is 30.3 Å². The summed E-state index contributed by atoms with van der Waals surface area (Å²) in [6.45, 7) is 16.6. The first-order chi connectivity index (χ1) is 14.3. The third kappa shape index (κ3) is 10.9. The summed E-state index contributed by atoms with van der Waals surface area (Å²) in [6.07, 6.45) is 0. The molecule has 0 unspecified atom stereocenters. The smallest absolute Gasteiger partial charge is 0.440 e. The Balaban J connectivity index is 3.15. The summed E-state index contributed by atoms with van der Waals surface area (Å²) in [6, 6.07) is 9.81. The van der Waals surface area contributed by atoms with Gasteiger partial charge in [-0.2, -0.15) is 0 Å². The van der Waals surface area contributed by atoms with Crippen molar-refractivity contribution >= 4 is 68.7 Å². The van der Waals surface area contributed by atoms with E-state index in [-0.39, 0.29) is 0 Å². The van der Waals surface area contributed by atoms with Gasteiger partial charge in [-0.05, 0) is 52.4 Å². The van der Waals surface area contributed by atoms with Crippen molar-refractivity contribution in [3.05, 3.63) is 30.3 Å². The average molecular weight is 557 g/mol. The van der Waals surface area contributed by atoms with Gasteiger partial charge in [-0.25, -0.2) is 0 Å². The summed E-state index contributed by atoms with van der Waals surface area (Å²) in [4.78, 5) is 0. The minimum absolute atomic E-state index is 0.887. The first kappa shape index (κ1) is 29.5. The molecule has 8 nitrogen and oxygen atoms in total. The maximum atomic E-state index is 6.71. The number of hydrogen-bond acceptors (Lipinski definition) is 8. The fourth-order valence-electron chi connectivity index (χ4n) is 3.38. The lowest BCUT2D eigenvalue weighted by Gasteiger charge is -2.41. The van der Waals surface area contributed by atoms with Crippen molar-refractivity contribution in [2.24, 2.45) is 0 Å². The van der Waals surface area contributed by atoms with Crippen LogP contribution in [0.5, 0.6) is 0 Å². The maximum absolute atomic E-state index is 6.71. The Morgan fingerprint density at radius 3 is 1.58 bits per heavy atom. The van der Waals surface area contributed by atoms with Crippen molar-refractivity contribution in [2.45, 2.75) is 52.4 Å². The van der Waals surface area contributed by atoms with E-state index >= 15 is 0 Å². The quantitative estimate of drug-likeness (QED) is 0.300. The van der Waals surface area contributed by atoms with Crippen molar-refractivity contribution in [1.29, 1.82) is 0 Å². The van der Waals surface area contributed by atoms with Crippen LogP contribution < -0.4 is 5.19 Å². The Morgan fingerprint density at radius 2 is 1.13 bits per heavy atom. The van der Waals surface area contributed by atoms with Crippen LogP contribution in [0.15, 0.2) is 30.3 Å². The van der Waals surface area contributed by atoms with E-state index in [4.69, 9.17) is 33.5 Å². The Hall–Kier alpha value is 0.418. The minimum Gasteiger partial charge on any atom is -0.440 e. The van der Waals surface area contributed by atoms with Crippen LogP contribution in [-0.4, -0.2) is 77.8 Å². The second kappa shape index (κ2) is 12.8. The summed E-state index contributed by atoms with van der Waals surface area (Å²) in [5, 5.41) is 0.887. The Bertz CT molecular complexity index is 640. The molecule has 0 saturated heterocycles. The molecule has 0 aliphatic heterocycles. The molecule has 0 bridgehead atoms. The van der Waals surface area contributed by atoms with Gasteiger partial charge in [0.25, 0.3) is 20.0 Å². The van der Waals surface area contributed by atoms with Crippen molar-refractivity contribution < 1.29 is 33.5 Å². The van der Waals surface area contributed by atoms with Crippen LogP contribution in [0, 0.1) is 0 Å². The number of benzene rings is 1. The monoisotopic (exact) mass is 556 g/mol. The van der Waals surface area contributed by atoms with Gasteiger partial charge in [0.1, 0.15) is 0 Å². The molecule has 0 saturated carbocycles. The summed E-state index contributed by atoms with van der Waals surface area (Å²) in [7, 11) is -11.3. The Kier molecular flexibility index (Phi) is 12.1. The third-order valence-corrected chi connectivity index (χ3v) is 24.3. The van der Waals surface area contributed by atoms with Crippen LogP contribution in [0.25, 0.3) is 0 Å². The SMILES string of the molecule is CO[SiH2]O[Si](O[SiH2]OC)(O[Si](C)(C)O[Si](C)(C)O[Si](C)(C)O[SiH](C)C)c1ccccc1. The van der Waals surface area contributed by atoms with E-state index in [9.17, 15) is 0 Å². The van der Waals surface area contributed by atoms with Gasteiger partial charge in [-0.15, -0.1) is 0 Å². The van der Waals surface area contributed by atoms with Gasteiger partial charge >= 0.3 is 34.5 Å². The van der Waals surface area contributed by atoms with Crippen LogP contribution in [0.3, 0.4) is 0 Å². The highest BCUT2D eigenvalue weighted by Crippen LogP contribution is 2.25. The molecule has 1 aromatic rings. The summed E-state index contributed by atoms with van der Waals surface area (Å²) < 4.78 is 49.2. The van der Waals surface area contributed by atoms with Gasteiger partial charge in [-0.3, -0.25) is 0 Å². The lowest BCUT2D eigenvalue weighted by atomic mass is 10.4. The van der Waals surface area contributed by atoms with E-state index in [1.165, 1.54) is 0 Å². The highest BCUT2D eigenvalue weighted by molar-refractivity contribution is 6.91. The molecule has 0 N–H and O–H groups in total. The van der Waals surface area contributed by atoms with Crippen molar-refractivity contribution in [1.82, 2.24) is 0 Å². The fourth-order valence-corrected chi connectivity index (χ4v) is 28.9. The van der Waals surface area contributed by atoms with Crippen molar-refractivity contribution in [3.63, 3.8) is 0 Å².